The maximum Gasteiger partial charge on any atom is 0.256 e. The van der Waals surface area contributed by atoms with E-state index in [0.29, 0.717) is 31.0 Å². The Balaban J connectivity index is 1.45. The number of amides is 1. The zero-order valence-corrected chi connectivity index (χ0v) is 14.5. The van der Waals surface area contributed by atoms with Crippen LogP contribution in [0.1, 0.15) is 39.0 Å². The van der Waals surface area contributed by atoms with Crippen LogP contribution in [-0.4, -0.2) is 34.0 Å². The van der Waals surface area contributed by atoms with Crippen molar-refractivity contribution in [3.8, 4) is 0 Å². The smallest absolute Gasteiger partial charge is 0.256 e. The van der Waals surface area contributed by atoms with E-state index in [1.165, 1.54) is 17.3 Å². The van der Waals surface area contributed by atoms with E-state index >= 15 is 0 Å². The van der Waals surface area contributed by atoms with Crippen molar-refractivity contribution in [1.29, 1.82) is 0 Å². The minimum Gasteiger partial charge on any atom is -0.370 e. The third-order valence-electron chi connectivity index (χ3n) is 4.50. The van der Waals surface area contributed by atoms with Gasteiger partial charge in [-0.1, -0.05) is 35.5 Å². The molecule has 3 heterocycles. The van der Waals surface area contributed by atoms with Crippen LogP contribution in [0.5, 0.6) is 0 Å². The van der Waals surface area contributed by atoms with Crippen LogP contribution >= 0.6 is 0 Å². The van der Waals surface area contributed by atoms with Crippen molar-refractivity contribution in [1.82, 2.24) is 20.3 Å². The summed E-state index contributed by atoms with van der Waals surface area (Å²) in [6, 6.07) is 10.2. The summed E-state index contributed by atoms with van der Waals surface area (Å²) >= 11 is 0. The maximum atomic E-state index is 12.2. The monoisotopic (exact) mass is 352 g/mol. The topological polar surface area (TPSA) is 82.2 Å². The molecule has 7 nitrogen and oxygen atoms in total. The lowest BCUT2D eigenvalue weighted by atomic mass is 10.1. The average molecular weight is 352 g/mol. The summed E-state index contributed by atoms with van der Waals surface area (Å²) < 4.78 is 12.7. The molecule has 134 valence electrons. The molecule has 0 saturated carbocycles. The highest BCUT2D eigenvalue weighted by Gasteiger charge is 2.26. The zero-order valence-electron chi connectivity index (χ0n) is 14.5. The summed E-state index contributed by atoms with van der Waals surface area (Å²) in [5, 5.41) is 11.2. The highest BCUT2D eigenvalue weighted by molar-refractivity contribution is 5.94. The molecule has 4 rings (SSSR count). The molecule has 0 radical (unpaired) electrons. The molecule has 2 aromatic heterocycles. The first-order chi connectivity index (χ1) is 12.7. The summed E-state index contributed by atoms with van der Waals surface area (Å²) in [5.74, 6) is 0.281. The van der Waals surface area contributed by atoms with Gasteiger partial charge in [0.05, 0.1) is 25.0 Å². The van der Waals surface area contributed by atoms with Crippen molar-refractivity contribution in [3.63, 3.8) is 0 Å². The van der Waals surface area contributed by atoms with Gasteiger partial charge in [-0.15, -0.1) is 0 Å². The molecule has 1 amide bonds. The quantitative estimate of drug-likeness (QED) is 0.762. The lowest BCUT2D eigenvalue weighted by Gasteiger charge is -2.22. The van der Waals surface area contributed by atoms with Gasteiger partial charge in [0.25, 0.3) is 5.91 Å². The predicted octanol–water partition coefficient (Wildman–Crippen LogP) is 2.27. The average Bonchev–Trinajstić information content (AvgIpc) is 3.26. The number of hydrogen-bond donors (Lipinski definition) is 1. The molecule has 0 bridgehead atoms. The fourth-order valence-corrected chi connectivity index (χ4v) is 3.14. The molecule has 1 aliphatic rings. The fraction of sp³-hybridized carbons (Fsp3) is 0.316. The second kappa shape index (κ2) is 7.13. The van der Waals surface area contributed by atoms with Gasteiger partial charge in [-0.25, -0.2) is 0 Å². The Bertz CT molecular complexity index is 901. The van der Waals surface area contributed by atoms with E-state index in [9.17, 15) is 4.79 Å². The SMILES string of the molecule is Cc1oncc1C(=O)NCC1OCCc2cn(Cc3ccccc3)nc21. The van der Waals surface area contributed by atoms with Crippen molar-refractivity contribution < 1.29 is 14.1 Å². The van der Waals surface area contributed by atoms with Crippen molar-refractivity contribution in [2.45, 2.75) is 26.0 Å². The summed E-state index contributed by atoms with van der Waals surface area (Å²) in [6.45, 7) is 3.41. The van der Waals surface area contributed by atoms with Crippen LogP contribution in [0.25, 0.3) is 0 Å². The minimum absolute atomic E-state index is 0.219. The molecule has 0 spiro atoms. The third kappa shape index (κ3) is 3.39. The van der Waals surface area contributed by atoms with Gasteiger partial charge in [-0.05, 0) is 24.5 Å². The van der Waals surface area contributed by atoms with Gasteiger partial charge in [-0.2, -0.15) is 5.10 Å². The Kier molecular flexibility index (Phi) is 4.53. The molecule has 0 fully saturated rings. The standard InChI is InChI=1S/C19H20N4O3/c1-13-16(9-21-26-13)19(24)20-10-17-18-15(7-8-25-17)12-23(22-18)11-14-5-3-2-4-6-14/h2-6,9,12,17H,7-8,10-11H2,1H3,(H,20,24). The van der Waals surface area contributed by atoms with Crippen molar-refractivity contribution >= 4 is 5.91 Å². The van der Waals surface area contributed by atoms with Gasteiger partial charge in [-0.3, -0.25) is 9.48 Å². The first-order valence-corrected chi connectivity index (χ1v) is 8.62. The number of rotatable bonds is 5. The van der Waals surface area contributed by atoms with Gasteiger partial charge < -0.3 is 14.6 Å². The van der Waals surface area contributed by atoms with Gasteiger partial charge in [0.2, 0.25) is 0 Å². The van der Waals surface area contributed by atoms with E-state index in [1.54, 1.807) is 6.92 Å². The normalized spacial score (nSPS) is 16.3. The highest BCUT2D eigenvalue weighted by atomic mass is 16.5. The van der Waals surface area contributed by atoms with Crippen LogP contribution in [0.2, 0.25) is 0 Å². The Morgan fingerprint density at radius 1 is 1.35 bits per heavy atom. The van der Waals surface area contributed by atoms with Crippen molar-refractivity contribution in [2.24, 2.45) is 0 Å². The van der Waals surface area contributed by atoms with Gasteiger partial charge in [0.1, 0.15) is 17.4 Å². The number of aromatic nitrogens is 3. The van der Waals surface area contributed by atoms with Crippen LogP contribution in [0, 0.1) is 6.92 Å². The van der Waals surface area contributed by atoms with Crippen LogP contribution in [0.3, 0.4) is 0 Å². The van der Waals surface area contributed by atoms with Gasteiger partial charge >= 0.3 is 0 Å². The highest BCUT2D eigenvalue weighted by Crippen LogP contribution is 2.25. The van der Waals surface area contributed by atoms with E-state index in [1.807, 2.05) is 22.9 Å². The number of nitrogens with zero attached hydrogens (tertiary/aromatic N) is 3. The fourth-order valence-electron chi connectivity index (χ4n) is 3.14. The summed E-state index contributed by atoms with van der Waals surface area (Å²) in [5.41, 5.74) is 3.71. The largest absolute Gasteiger partial charge is 0.370 e. The zero-order chi connectivity index (χ0) is 17.9. The molecular weight excluding hydrogens is 332 g/mol. The number of carbonyl (C=O) groups excluding carboxylic acids is 1. The molecule has 1 aromatic carbocycles. The second-order valence-corrected chi connectivity index (χ2v) is 6.34. The molecule has 1 aliphatic heterocycles. The number of nitrogens with one attached hydrogen (secondary N) is 1. The molecule has 1 atom stereocenters. The Morgan fingerprint density at radius 3 is 2.96 bits per heavy atom. The number of benzene rings is 1. The molecular formula is C19H20N4O3. The molecule has 0 saturated heterocycles. The minimum atomic E-state index is -0.250. The van der Waals surface area contributed by atoms with E-state index in [4.69, 9.17) is 14.4 Å². The summed E-state index contributed by atoms with van der Waals surface area (Å²) in [6.07, 6.45) is 4.08. The Morgan fingerprint density at radius 2 is 2.19 bits per heavy atom. The number of fused-ring (bicyclic) bond motifs is 1. The molecule has 1 N–H and O–H groups in total. The van der Waals surface area contributed by atoms with Gasteiger partial charge in [0.15, 0.2) is 0 Å². The molecule has 1 unspecified atom stereocenters. The number of carbonyl (C=O) groups is 1. The van der Waals surface area contributed by atoms with Crippen LogP contribution in [-0.2, 0) is 17.7 Å². The molecule has 0 aliphatic carbocycles. The molecule has 26 heavy (non-hydrogen) atoms. The molecule has 3 aromatic rings. The molecule has 7 heteroatoms. The summed E-state index contributed by atoms with van der Waals surface area (Å²) in [7, 11) is 0. The van der Waals surface area contributed by atoms with Crippen LogP contribution in [0.15, 0.2) is 47.2 Å². The number of hydrogen-bond acceptors (Lipinski definition) is 5. The predicted molar refractivity (Wildman–Crippen MR) is 93.7 cm³/mol. The maximum absolute atomic E-state index is 12.2. The lowest BCUT2D eigenvalue weighted by molar-refractivity contribution is 0.0383. The first kappa shape index (κ1) is 16.5. The second-order valence-electron chi connectivity index (χ2n) is 6.34. The van der Waals surface area contributed by atoms with Gasteiger partial charge in [0, 0.05) is 12.7 Å². The van der Waals surface area contributed by atoms with E-state index in [2.05, 4.69) is 28.8 Å². The van der Waals surface area contributed by atoms with E-state index < -0.39 is 0 Å². The van der Waals surface area contributed by atoms with Crippen LogP contribution in [0.4, 0.5) is 0 Å². The van der Waals surface area contributed by atoms with Crippen molar-refractivity contribution in [2.75, 3.05) is 13.2 Å². The lowest BCUT2D eigenvalue weighted by Crippen LogP contribution is -2.32. The first-order valence-electron chi connectivity index (χ1n) is 8.62. The Labute approximate surface area is 150 Å². The number of aryl methyl sites for hydroxylation is 1. The number of ether oxygens (including phenoxy) is 1. The third-order valence-corrected chi connectivity index (χ3v) is 4.50. The Hall–Kier alpha value is -2.93. The van der Waals surface area contributed by atoms with Crippen LogP contribution < -0.4 is 5.32 Å². The van der Waals surface area contributed by atoms with Crippen molar-refractivity contribution in [3.05, 3.63) is 70.9 Å². The van der Waals surface area contributed by atoms with E-state index in [0.717, 1.165) is 12.1 Å². The van der Waals surface area contributed by atoms with E-state index in [-0.39, 0.29) is 12.0 Å². The summed E-state index contributed by atoms with van der Waals surface area (Å²) in [4.78, 5) is 12.2.